The fourth-order valence-electron chi connectivity index (χ4n) is 7.64. The number of carbonyl (C=O) groups excluding carboxylic acids is 1. The van der Waals surface area contributed by atoms with Gasteiger partial charge in [0.05, 0.1) is 60.9 Å². The van der Waals surface area contributed by atoms with Gasteiger partial charge in [-0.1, -0.05) is 84.0 Å². The molecule has 3 aliphatic rings. The van der Waals surface area contributed by atoms with E-state index in [1.807, 2.05) is 13.8 Å². The van der Waals surface area contributed by atoms with Crippen LogP contribution in [0.5, 0.6) is 0 Å². The maximum Gasteiger partial charge on any atom is 0.309 e. The molecule has 3 heterocycles. The van der Waals surface area contributed by atoms with Gasteiger partial charge < -0.3 is 34.6 Å². The maximum absolute atomic E-state index is 11.7. The Bertz CT molecular complexity index is 780. The summed E-state index contributed by atoms with van der Waals surface area (Å²) in [5, 5.41) is 41.5. The smallest absolute Gasteiger partial charge is 0.309 e. The first-order valence-corrected chi connectivity index (χ1v) is 19.0. The van der Waals surface area contributed by atoms with Crippen LogP contribution in [0.25, 0.3) is 0 Å². The van der Waals surface area contributed by atoms with Crippen molar-refractivity contribution in [1.82, 2.24) is 0 Å². The zero-order valence-corrected chi connectivity index (χ0v) is 28.7. The number of hydrogen-bond acceptors (Lipinski definition) is 8. The molecule has 4 N–H and O–H groups in total. The van der Waals surface area contributed by atoms with Crippen molar-refractivity contribution >= 4 is 5.97 Å². The van der Waals surface area contributed by atoms with E-state index >= 15 is 0 Å². The normalized spacial score (nSPS) is 29.6. The number of hydrogen-bond donors (Lipinski definition) is 4. The quantitative estimate of drug-likeness (QED) is 0.0627. The van der Waals surface area contributed by atoms with Gasteiger partial charge in [0.25, 0.3) is 0 Å². The third kappa shape index (κ3) is 14.9. The van der Waals surface area contributed by atoms with Gasteiger partial charge in [-0.3, -0.25) is 4.79 Å². The molecular weight excluding hydrogens is 572 g/mol. The van der Waals surface area contributed by atoms with E-state index in [2.05, 4.69) is 0 Å². The number of unbranched alkanes of at least 4 members (excludes halogenated alkanes) is 10. The van der Waals surface area contributed by atoms with Crippen molar-refractivity contribution in [1.29, 1.82) is 0 Å². The summed E-state index contributed by atoms with van der Waals surface area (Å²) in [4.78, 5) is 11.7. The van der Waals surface area contributed by atoms with E-state index in [9.17, 15) is 25.2 Å². The molecule has 10 atom stereocenters. The first-order chi connectivity index (χ1) is 21.8. The zero-order chi connectivity index (χ0) is 32.4. The van der Waals surface area contributed by atoms with Crippen LogP contribution < -0.4 is 0 Å². The van der Waals surface area contributed by atoms with Crippen LogP contribution in [-0.4, -0.2) is 81.3 Å². The number of aliphatic hydroxyl groups is 4. The van der Waals surface area contributed by atoms with E-state index < -0.39 is 18.3 Å². The zero-order valence-electron chi connectivity index (χ0n) is 28.7. The van der Waals surface area contributed by atoms with Gasteiger partial charge in [-0.05, 0) is 84.0 Å². The van der Waals surface area contributed by atoms with Gasteiger partial charge >= 0.3 is 5.97 Å². The Morgan fingerprint density at radius 2 is 1.09 bits per heavy atom. The highest BCUT2D eigenvalue weighted by Gasteiger charge is 2.40. The fourth-order valence-corrected chi connectivity index (χ4v) is 7.64. The summed E-state index contributed by atoms with van der Waals surface area (Å²) in [6.07, 6.45) is 21.4. The predicted octanol–water partition coefficient (Wildman–Crippen LogP) is 6.91. The number of cyclic esters (lactones) is 1. The maximum atomic E-state index is 11.7. The molecule has 3 rings (SSSR count). The molecule has 264 valence electrons. The van der Waals surface area contributed by atoms with E-state index in [1.54, 1.807) is 0 Å². The van der Waals surface area contributed by atoms with Crippen LogP contribution in [0.4, 0.5) is 0 Å². The molecule has 8 nitrogen and oxygen atoms in total. The SMILES string of the molecule is CCC[C@H](O)CC[C@H](O)CC[C@H](O)[C@@H]1CC[C@H]([C@H]2CC[C@@H]([C@H](O)CCCCCCCCCCCCC[C@@H]3C[C@@H](C)OC3=O)O2)O1. The van der Waals surface area contributed by atoms with Crippen LogP contribution in [0.1, 0.15) is 168 Å². The molecule has 0 aromatic heterocycles. The van der Waals surface area contributed by atoms with E-state index in [0.717, 1.165) is 77.0 Å². The Morgan fingerprint density at radius 3 is 1.60 bits per heavy atom. The van der Waals surface area contributed by atoms with Crippen molar-refractivity contribution in [3.63, 3.8) is 0 Å². The van der Waals surface area contributed by atoms with Gasteiger partial charge in [-0.25, -0.2) is 0 Å². The Hall–Kier alpha value is -0.770. The largest absolute Gasteiger partial charge is 0.462 e. The van der Waals surface area contributed by atoms with Crippen LogP contribution in [-0.2, 0) is 19.0 Å². The standard InChI is InChI=1S/C37H68O8/c1-3-15-29(38)18-19-30(39)20-21-32(41)34-23-25-36(45-34)35-24-22-33(44-35)31(40)17-14-12-10-8-6-4-5-7-9-11-13-16-28-26-27(2)43-37(28)42/h27-36,38-41H,3-26H2,1-2H3/t27-,28-,29+,30+,31-,32+,33+,34+,35-,36-/m1/s1. The Morgan fingerprint density at radius 1 is 0.622 bits per heavy atom. The minimum absolute atomic E-state index is 0.0117. The average molecular weight is 641 g/mol. The summed E-state index contributed by atoms with van der Waals surface area (Å²) in [5.41, 5.74) is 0. The molecule has 45 heavy (non-hydrogen) atoms. The molecule has 0 radical (unpaired) electrons. The molecule has 0 unspecified atom stereocenters. The highest BCUT2D eigenvalue weighted by atomic mass is 16.6. The van der Waals surface area contributed by atoms with E-state index in [4.69, 9.17) is 14.2 Å². The van der Waals surface area contributed by atoms with Crippen LogP contribution in [0, 0.1) is 5.92 Å². The lowest BCUT2D eigenvalue weighted by Gasteiger charge is -2.24. The minimum atomic E-state index is -0.599. The van der Waals surface area contributed by atoms with Crippen LogP contribution in [0.2, 0.25) is 0 Å². The fraction of sp³-hybridized carbons (Fsp3) is 0.973. The second kappa shape index (κ2) is 22.0. The second-order valence-electron chi connectivity index (χ2n) is 14.6. The summed E-state index contributed by atoms with van der Waals surface area (Å²) in [5.74, 6) is 0.158. The molecule has 0 aromatic rings. The first kappa shape index (κ1) is 38.7. The highest BCUT2D eigenvalue weighted by molar-refractivity contribution is 5.74. The number of ether oxygens (including phenoxy) is 3. The average Bonchev–Trinajstić information content (AvgIpc) is 3.77. The van der Waals surface area contributed by atoms with Gasteiger partial charge in [-0.2, -0.15) is 0 Å². The van der Waals surface area contributed by atoms with Crippen molar-refractivity contribution < 1.29 is 39.4 Å². The lowest BCUT2D eigenvalue weighted by molar-refractivity contribution is -0.143. The van der Waals surface area contributed by atoms with Crippen molar-refractivity contribution in [2.45, 2.75) is 223 Å². The van der Waals surface area contributed by atoms with E-state index in [0.29, 0.717) is 25.7 Å². The topological polar surface area (TPSA) is 126 Å². The summed E-state index contributed by atoms with van der Waals surface area (Å²) in [7, 11) is 0. The molecule has 3 aliphatic heterocycles. The summed E-state index contributed by atoms with van der Waals surface area (Å²) >= 11 is 0. The highest BCUT2D eigenvalue weighted by Crippen LogP contribution is 2.35. The van der Waals surface area contributed by atoms with Gasteiger partial charge in [0.15, 0.2) is 0 Å². The number of aliphatic hydroxyl groups excluding tert-OH is 4. The summed E-state index contributed by atoms with van der Waals surface area (Å²) < 4.78 is 17.7. The molecule has 0 aliphatic carbocycles. The van der Waals surface area contributed by atoms with Crippen LogP contribution in [0.15, 0.2) is 0 Å². The molecular formula is C37H68O8. The third-order valence-electron chi connectivity index (χ3n) is 10.5. The monoisotopic (exact) mass is 640 g/mol. The van der Waals surface area contributed by atoms with Gasteiger partial charge in [0, 0.05) is 0 Å². The lowest BCUT2D eigenvalue weighted by atomic mass is 9.97. The van der Waals surface area contributed by atoms with E-state index in [-0.39, 0.29) is 48.5 Å². The van der Waals surface area contributed by atoms with Gasteiger partial charge in [0.1, 0.15) is 0 Å². The molecule has 0 aromatic carbocycles. The summed E-state index contributed by atoms with van der Waals surface area (Å²) in [6.45, 7) is 4.03. The van der Waals surface area contributed by atoms with Crippen LogP contribution in [0.3, 0.4) is 0 Å². The molecule has 3 fully saturated rings. The van der Waals surface area contributed by atoms with Crippen LogP contribution >= 0.6 is 0 Å². The first-order valence-electron chi connectivity index (χ1n) is 19.0. The number of rotatable bonds is 25. The third-order valence-corrected chi connectivity index (χ3v) is 10.5. The van der Waals surface area contributed by atoms with Gasteiger partial charge in [-0.15, -0.1) is 0 Å². The van der Waals surface area contributed by atoms with Crippen molar-refractivity contribution in [2.75, 3.05) is 0 Å². The van der Waals surface area contributed by atoms with Crippen molar-refractivity contribution in [2.24, 2.45) is 5.92 Å². The Kier molecular flexibility index (Phi) is 18.9. The molecule has 0 spiro atoms. The minimum Gasteiger partial charge on any atom is -0.462 e. The molecule has 3 saturated heterocycles. The lowest BCUT2D eigenvalue weighted by Crippen LogP contribution is -2.33. The Balaban J connectivity index is 1.12. The molecule has 0 bridgehead atoms. The van der Waals surface area contributed by atoms with Crippen molar-refractivity contribution in [3.05, 3.63) is 0 Å². The number of carbonyl (C=O) groups is 1. The van der Waals surface area contributed by atoms with Crippen molar-refractivity contribution in [3.8, 4) is 0 Å². The molecule has 0 amide bonds. The second-order valence-corrected chi connectivity index (χ2v) is 14.6. The van der Waals surface area contributed by atoms with E-state index in [1.165, 1.54) is 51.4 Å². The predicted molar refractivity (Wildman–Crippen MR) is 177 cm³/mol. The molecule has 0 saturated carbocycles. The van der Waals surface area contributed by atoms with Gasteiger partial charge in [0.2, 0.25) is 0 Å². The molecule has 8 heteroatoms. The Labute approximate surface area is 274 Å². The number of esters is 1. The summed E-state index contributed by atoms with van der Waals surface area (Å²) in [6, 6.07) is 0.